The summed E-state index contributed by atoms with van der Waals surface area (Å²) in [6, 6.07) is 15.5. The fourth-order valence-electron chi connectivity index (χ4n) is 4.80. The number of fused-ring (bicyclic) bond motifs is 1. The first kappa shape index (κ1) is 26.1. The second-order valence-corrected chi connectivity index (χ2v) is 11.6. The third kappa shape index (κ3) is 4.86. The van der Waals surface area contributed by atoms with E-state index >= 15 is 0 Å². The minimum Gasteiger partial charge on any atom is -0.507 e. The molecule has 3 heterocycles. The van der Waals surface area contributed by atoms with Crippen molar-refractivity contribution >= 4 is 45.7 Å². The number of anilines is 1. The summed E-state index contributed by atoms with van der Waals surface area (Å²) in [5.41, 5.74) is 2.43. The highest BCUT2D eigenvalue weighted by Crippen LogP contribution is 2.44. The zero-order valence-corrected chi connectivity index (χ0v) is 22.6. The average molecular weight is 578 g/mol. The van der Waals surface area contributed by atoms with Crippen molar-refractivity contribution in [3.8, 4) is 5.75 Å². The van der Waals surface area contributed by atoms with E-state index in [0.29, 0.717) is 33.4 Å². The summed E-state index contributed by atoms with van der Waals surface area (Å²) in [6.45, 7) is 1.94. The Hall–Kier alpha value is -4.09. The Labute approximate surface area is 236 Å². The molecule has 11 heteroatoms. The third-order valence-electron chi connectivity index (χ3n) is 6.68. The number of Topliss-reactive ketones (excluding diaryl/α,β-unsaturated/α-hetero) is 1. The number of ether oxygens (including phenoxy) is 1. The van der Waals surface area contributed by atoms with Crippen molar-refractivity contribution in [1.29, 1.82) is 0 Å². The van der Waals surface area contributed by atoms with Gasteiger partial charge in [0.15, 0.2) is 4.34 Å². The van der Waals surface area contributed by atoms with Crippen LogP contribution in [0, 0.1) is 11.6 Å². The molecule has 40 heavy (non-hydrogen) atoms. The fourth-order valence-corrected chi connectivity index (χ4v) is 6.62. The highest BCUT2D eigenvalue weighted by atomic mass is 32.2. The first-order valence-electron chi connectivity index (χ1n) is 12.4. The third-order valence-corrected chi connectivity index (χ3v) is 8.80. The smallest absolute Gasteiger partial charge is 0.301 e. The molecule has 1 amide bonds. The van der Waals surface area contributed by atoms with E-state index in [1.54, 1.807) is 30.3 Å². The van der Waals surface area contributed by atoms with Gasteiger partial charge in [-0.05, 0) is 66.1 Å². The van der Waals surface area contributed by atoms with Crippen LogP contribution in [0.5, 0.6) is 5.75 Å². The van der Waals surface area contributed by atoms with E-state index in [9.17, 15) is 23.5 Å². The summed E-state index contributed by atoms with van der Waals surface area (Å²) in [6.07, 6.45) is 0.639. The van der Waals surface area contributed by atoms with E-state index in [1.807, 2.05) is 6.92 Å². The van der Waals surface area contributed by atoms with Gasteiger partial charge in [-0.3, -0.25) is 14.5 Å². The predicted octanol–water partition coefficient (Wildman–Crippen LogP) is 6.06. The summed E-state index contributed by atoms with van der Waals surface area (Å²) in [5.74, 6) is -1.70. The van der Waals surface area contributed by atoms with Crippen molar-refractivity contribution in [2.45, 2.75) is 35.6 Å². The number of thioether (sulfide) groups is 1. The van der Waals surface area contributed by atoms with E-state index in [0.717, 1.165) is 22.5 Å². The van der Waals surface area contributed by atoms with Gasteiger partial charge in [0.1, 0.15) is 29.2 Å². The maximum Gasteiger partial charge on any atom is 0.301 e. The molecule has 2 aliphatic rings. The number of aromatic nitrogens is 2. The van der Waals surface area contributed by atoms with Crippen molar-refractivity contribution in [2.24, 2.45) is 0 Å². The second-order valence-electron chi connectivity index (χ2n) is 9.44. The van der Waals surface area contributed by atoms with E-state index < -0.39 is 23.5 Å². The van der Waals surface area contributed by atoms with Crippen LogP contribution in [0.1, 0.15) is 35.2 Å². The molecule has 1 N–H and O–H groups in total. The number of carbonyl (C=O) groups excluding carboxylic acids is 2. The minimum absolute atomic E-state index is 0.00952. The van der Waals surface area contributed by atoms with Gasteiger partial charge in [0.05, 0.1) is 11.6 Å². The Kier molecular flexibility index (Phi) is 6.85. The maximum atomic E-state index is 13.8. The summed E-state index contributed by atoms with van der Waals surface area (Å²) in [7, 11) is 0. The first-order chi connectivity index (χ1) is 19.3. The van der Waals surface area contributed by atoms with E-state index in [2.05, 4.69) is 10.2 Å². The number of ketones is 1. The Morgan fingerprint density at radius 3 is 2.48 bits per heavy atom. The van der Waals surface area contributed by atoms with Crippen molar-refractivity contribution < 1.29 is 28.2 Å². The molecule has 2 unspecified atom stereocenters. The Bertz CT molecular complexity index is 1650. The summed E-state index contributed by atoms with van der Waals surface area (Å²) >= 11 is 2.46. The highest BCUT2D eigenvalue weighted by Gasteiger charge is 2.48. The zero-order valence-electron chi connectivity index (χ0n) is 21.0. The standard InChI is InChI=1S/C29H21F2N3O4S2/c1-15-12-19-13-18(6-11-22(19)38-15)25(35)23-24(17-4-9-21(31)10-5-17)34(27(37)26(23)36)28-32-33-29(40-28)39-14-16-2-7-20(30)8-3-16/h2-11,13,15,24,35H,12,14H2,1H3/b25-23+. The molecule has 4 aromatic rings. The Balaban J connectivity index is 1.38. The van der Waals surface area contributed by atoms with Crippen molar-refractivity contribution in [1.82, 2.24) is 10.2 Å². The van der Waals surface area contributed by atoms with Crippen LogP contribution in [0.15, 0.2) is 76.6 Å². The summed E-state index contributed by atoms with van der Waals surface area (Å²) in [4.78, 5) is 28.0. The largest absolute Gasteiger partial charge is 0.507 e. The SMILES string of the molecule is CC1Cc2cc(/C(O)=C3\C(=O)C(=O)N(c4nnc(SCc5ccc(F)cc5)s4)C3c3ccc(F)cc3)ccc2O1. The molecular weight excluding hydrogens is 556 g/mol. The molecule has 202 valence electrons. The molecule has 0 aliphatic carbocycles. The number of aliphatic hydroxyl groups excluding tert-OH is 1. The maximum absolute atomic E-state index is 13.8. The summed E-state index contributed by atoms with van der Waals surface area (Å²) in [5, 5.41) is 19.9. The van der Waals surface area contributed by atoms with Crippen LogP contribution in [0.4, 0.5) is 13.9 Å². The van der Waals surface area contributed by atoms with E-state index in [1.165, 1.54) is 53.1 Å². The van der Waals surface area contributed by atoms with Crippen LogP contribution in [-0.2, 0) is 21.8 Å². The monoisotopic (exact) mass is 577 g/mol. The lowest BCUT2D eigenvalue weighted by molar-refractivity contribution is -0.132. The minimum atomic E-state index is -1.05. The first-order valence-corrected chi connectivity index (χ1v) is 14.2. The lowest BCUT2D eigenvalue weighted by atomic mass is 9.94. The molecule has 0 bridgehead atoms. The van der Waals surface area contributed by atoms with Gasteiger partial charge < -0.3 is 9.84 Å². The molecule has 1 aromatic heterocycles. The fraction of sp³-hybridized carbons (Fsp3) is 0.172. The van der Waals surface area contributed by atoms with Crippen molar-refractivity contribution in [2.75, 3.05) is 4.90 Å². The number of carbonyl (C=O) groups is 2. The normalized spacial score (nSPS) is 19.6. The number of benzene rings is 3. The Morgan fingerprint density at radius 2 is 1.75 bits per heavy atom. The molecule has 1 fully saturated rings. The quantitative estimate of drug-likeness (QED) is 0.0980. The van der Waals surface area contributed by atoms with Gasteiger partial charge in [-0.2, -0.15) is 0 Å². The predicted molar refractivity (Wildman–Crippen MR) is 147 cm³/mol. The van der Waals surface area contributed by atoms with Gasteiger partial charge in [0, 0.05) is 17.7 Å². The molecule has 3 aromatic carbocycles. The van der Waals surface area contributed by atoms with E-state index in [-0.39, 0.29) is 28.4 Å². The molecular formula is C29H21F2N3O4S2. The van der Waals surface area contributed by atoms with Crippen LogP contribution >= 0.6 is 23.1 Å². The van der Waals surface area contributed by atoms with E-state index in [4.69, 9.17) is 4.74 Å². The second kappa shape index (κ2) is 10.5. The zero-order chi connectivity index (χ0) is 28.0. The van der Waals surface area contributed by atoms with Gasteiger partial charge in [0.2, 0.25) is 5.13 Å². The molecule has 0 spiro atoms. The number of hydrogen-bond donors (Lipinski definition) is 1. The average Bonchev–Trinajstić information content (AvgIpc) is 3.63. The van der Waals surface area contributed by atoms with Gasteiger partial charge >= 0.3 is 5.91 Å². The number of rotatable bonds is 6. The number of aliphatic hydroxyl groups is 1. The van der Waals surface area contributed by atoms with Crippen LogP contribution in [0.3, 0.4) is 0 Å². The molecule has 2 aliphatic heterocycles. The van der Waals surface area contributed by atoms with Crippen LogP contribution < -0.4 is 9.64 Å². The van der Waals surface area contributed by atoms with Crippen LogP contribution in [0.25, 0.3) is 5.76 Å². The van der Waals surface area contributed by atoms with Gasteiger partial charge in [-0.15, -0.1) is 10.2 Å². The molecule has 0 radical (unpaired) electrons. The number of halogens is 2. The molecule has 2 atom stereocenters. The van der Waals surface area contributed by atoms with Crippen molar-refractivity contribution in [3.05, 3.63) is 106 Å². The molecule has 7 nitrogen and oxygen atoms in total. The molecule has 1 saturated heterocycles. The lowest BCUT2D eigenvalue weighted by Gasteiger charge is -2.22. The van der Waals surface area contributed by atoms with Crippen molar-refractivity contribution in [3.63, 3.8) is 0 Å². The number of hydrogen-bond acceptors (Lipinski definition) is 8. The highest BCUT2D eigenvalue weighted by molar-refractivity contribution is 8.00. The van der Waals surface area contributed by atoms with Gasteiger partial charge in [0.25, 0.3) is 5.78 Å². The lowest BCUT2D eigenvalue weighted by Crippen LogP contribution is -2.29. The van der Waals surface area contributed by atoms with Gasteiger partial charge in [-0.25, -0.2) is 8.78 Å². The topological polar surface area (TPSA) is 92.6 Å². The Morgan fingerprint density at radius 1 is 1.05 bits per heavy atom. The van der Waals surface area contributed by atoms with Crippen LogP contribution in [-0.4, -0.2) is 33.1 Å². The molecule has 0 saturated carbocycles. The molecule has 6 rings (SSSR count). The van der Waals surface area contributed by atoms with Gasteiger partial charge in [-0.1, -0.05) is 47.4 Å². The number of amides is 1. The number of nitrogens with zero attached hydrogens (tertiary/aromatic N) is 3. The van der Waals surface area contributed by atoms with Crippen LogP contribution in [0.2, 0.25) is 0 Å². The summed E-state index contributed by atoms with van der Waals surface area (Å²) < 4.78 is 33.3.